The molecular weight excluding hydrogens is 302 g/mol. The van der Waals surface area contributed by atoms with Crippen LogP contribution in [0.25, 0.3) is 22.2 Å². The summed E-state index contributed by atoms with van der Waals surface area (Å²) in [5.74, 6) is 1.80. The minimum Gasteiger partial charge on any atom is -0.496 e. The third-order valence-corrected chi connectivity index (χ3v) is 4.55. The molecule has 1 aliphatic rings. The van der Waals surface area contributed by atoms with Gasteiger partial charge in [-0.2, -0.15) is 0 Å². The van der Waals surface area contributed by atoms with Crippen molar-refractivity contribution in [2.75, 3.05) is 7.11 Å². The van der Waals surface area contributed by atoms with Crippen molar-refractivity contribution in [2.24, 2.45) is 0 Å². The molecule has 0 aliphatic carbocycles. The number of carbonyl (C=O) groups excluding carboxylic acids is 1. The summed E-state index contributed by atoms with van der Waals surface area (Å²) in [5, 5.41) is 5.28. The molecule has 1 aliphatic heterocycles. The molecule has 0 bridgehead atoms. The molecule has 4 rings (SSSR count). The van der Waals surface area contributed by atoms with E-state index in [9.17, 15) is 4.79 Å². The number of benzene rings is 2. The fraction of sp³-hybridized carbons (Fsp3) is 0.263. The molecular formula is C19H19N3O2. The maximum absolute atomic E-state index is 11.5. The van der Waals surface area contributed by atoms with E-state index in [2.05, 4.69) is 33.1 Å². The van der Waals surface area contributed by atoms with Crippen LogP contribution in [0.15, 0.2) is 48.8 Å². The van der Waals surface area contributed by atoms with Crippen molar-refractivity contribution < 1.29 is 9.53 Å². The number of ether oxygens (including phenoxy) is 1. The van der Waals surface area contributed by atoms with E-state index in [-0.39, 0.29) is 11.9 Å². The summed E-state index contributed by atoms with van der Waals surface area (Å²) in [6, 6.07) is 12.4. The zero-order valence-electron chi connectivity index (χ0n) is 13.5. The number of rotatable bonds is 4. The number of nitrogens with one attached hydrogen (secondary N) is 1. The van der Waals surface area contributed by atoms with Crippen LogP contribution < -0.4 is 10.1 Å². The average Bonchev–Trinajstić information content (AvgIpc) is 3.23. The van der Waals surface area contributed by atoms with Gasteiger partial charge in [-0.3, -0.25) is 4.79 Å². The van der Waals surface area contributed by atoms with Crippen molar-refractivity contribution in [1.82, 2.24) is 14.9 Å². The Balaban J connectivity index is 1.81. The molecule has 1 atom stereocenters. The molecule has 3 aromatic rings. The smallest absolute Gasteiger partial charge is 0.220 e. The Hall–Kier alpha value is -2.82. The number of hydrogen-bond acceptors (Lipinski definition) is 3. The lowest BCUT2D eigenvalue weighted by Crippen LogP contribution is -2.29. The lowest BCUT2D eigenvalue weighted by molar-refractivity contribution is -0.119. The third kappa shape index (κ3) is 2.52. The van der Waals surface area contributed by atoms with Gasteiger partial charge in [-0.1, -0.05) is 30.3 Å². The van der Waals surface area contributed by atoms with Crippen LogP contribution in [0.2, 0.25) is 0 Å². The fourth-order valence-electron chi connectivity index (χ4n) is 3.39. The molecule has 5 nitrogen and oxygen atoms in total. The third-order valence-electron chi connectivity index (χ3n) is 4.55. The molecule has 0 saturated carbocycles. The molecule has 1 amide bonds. The highest BCUT2D eigenvalue weighted by atomic mass is 16.5. The number of fused-ring (bicyclic) bond motifs is 1. The molecule has 2 heterocycles. The van der Waals surface area contributed by atoms with E-state index in [4.69, 9.17) is 4.74 Å². The Morgan fingerprint density at radius 1 is 1.29 bits per heavy atom. The van der Waals surface area contributed by atoms with Crippen molar-refractivity contribution in [3.05, 3.63) is 48.8 Å². The van der Waals surface area contributed by atoms with Gasteiger partial charge in [-0.05, 0) is 23.3 Å². The van der Waals surface area contributed by atoms with Crippen LogP contribution in [0.4, 0.5) is 0 Å². The molecule has 122 valence electrons. The van der Waals surface area contributed by atoms with Gasteiger partial charge >= 0.3 is 0 Å². The summed E-state index contributed by atoms with van der Waals surface area (Å²) in [7, 11) is 1.68. The van der Waals surface area contributed by atoms with E-state index >= 15 is 0 Å². The van der Waals surface area contributed by atoms with Gasteiger partial charge in [0.15, 0.2) is 0 Å². The Morgan fingerprint density at radius 3 is 2.96 bits per heavy atom. The first kappa shape index (κ1) is 14.8. The van der Waals surface area contributed by atoms with E-state index < -0.39 is 0 Å². The quantitative estimate of drug-likeness (QED) is 0.804. The topological polar surface area (TPSA) is 56.2 Å². The number of nitrogens with zero attached hydrogens (tertiary/aromatic N) is 2. The number of hydrogen-bond donors (Lipinski definition) is 1. The molecule has 24 heavy (non-hydrogen) atoms. The van der Waals surface area contributed by atoms with Crippen LogP contribution in [-0.2, 0) is 11.3 Å². The maximum Gasteiger partial charge on any atom is 0.220 e. The number of aromatic nitrogens is 2. The maximum atomic E-state index is 11.5. The highest BCUT2D eigenvalue weighted by molar-refractivity contribution is 5.98. The monoisotopic (exact) mass is 321 g/mol. The highest BCUT2D eigenvalue weighted by Gasteiger charge is 2.23. The SMILES string of the molecule is COc1ccc2ccccc2c1-c1nccn1CC1CCC(=O)N1. The van der Waals surface area contributed by atoms with E-state index in [1.165, 1.54) is 0 Å². The molecule has 1 unspecified atom stereocenters. The van der Waals surface area contributed by atoms with Crippen LogP contribution in [0, 0.1) is 0 Å². The first-order valence-corrected chi connectivity index (χ1v) is 8.13. The molecule has 1 aromatic heterocycles. The summed E-state index contributed by atoms with van der Waals surface area (Å²) in [6.45, 7) is 0.716. The van der Waals surface area contributed by atoms with E-state index in [1.807, 2.05) is 24.4 Å². The summed E-state index contributed by atoms with van der Waals surface area (Å²) in [4.78, 5) is 16.0. The van der Waals surface area contributed by atoms with Gasteiger partial charge in [0.25, 0.3) is 0 Å². The zero-order chi connectivity index (χ0) is 16.5. The minimum atomic E-state index is 0.129. The largest absolute Gasteiger partial charge is 0.496 e. The van der Waals surface area contributed by atoms with E-state index in [1.54, 1.807) is 13.3 Å². The van der Waals surface area contributed by atoms with Gasteiger partial charge in [-0.25, -0.2) is 4.98 Å². The molecule has 5 heteroatoms. The van der Waals surface area contributed by atoms with E-state index in [0.29, 0.717) is 13.0 Å². The molecule has 2 aromatic carbocycles. The van der Waals surface area contributed by atoms with Gasteiger partial charge in [0.1, 0.15) is 11.6 Å². The van der Waals surface area contributed by atoms with Crippen LogP contribution >= 0.6 is 0 Å². The van der Waals surface area contributed by atoms with E-state index in [0.717, 1.165) is 34.3 Å². The van der Waals surface area contributed by atoms with Crippen LogP contribution in [-0.4, -0.2) is 28.6 Å². The van der Waals surface area contributed by atoms with Gasteiger partial charge in [0.2, 0.25) is 5.91 Å². The lowest BCUT2D eigenvalue weighted by Gasteiger charge is -2.16. The predicted octanol–water partition coefficient (Wildman–Crippen LogP) is 2.99. The second-order valence-electron chi connectivity index (χ2n) is 6.07. The first-order chi connectivity index (χ1) is 11.8. The van der Waals surface area contributed by atoms with Gasteiger partial charge in [0.05, 0.1) is 12.7 Å². The average molecular weight is 321 g/mol. The predicted molar refractivity (Wildman–Crippen MR) is 92.9 cm³/mol. The highest BCUT2D eigenvalue weighted by Crippen LogP contribution is 2.36. The summed E-state index contributed by atoms with van der Waals surface area (Å²) < 4.78 is 7.69. The van der Waals surface area contributed by atoms with Crippen molar-refractivity contribution in [3.8, 4) is 17.1 Å². The second-order valence-corrected chi connectivity index (χ2v) is 6.07. The minimum absolute atomic E-state index is 0.129. The Labute approximate surface area is 140 Å². The molecule has 0 radical (unpaired) electrons. The number of methoxy groups -OCH3 is 1. The molecule has 1 fully saturated rings. The number of carbonyl (C=O) groups is 1. The Bertz CT molecular complexity index is 901. The lowest BCUT2D eigenvalue weighted by atomic mass is 10.0. The standard InChI is InChI=1S/C19H19N3O2/c1-24-16-8-6-13-4-2-3-5-15(13)18(16)19-20-10-11-22(19)12-14-7-9-17(23)21-14/h2-6,8,10-11,14H,7,9,12H2,1H3,(H,21,23). The number of amides is 1. The number of imidazole rings is 1. The second kappa shape index (κ2) is 6.00. The zero-order valence-corrected chi connectivity index (χ0v) is 13.5. The van der Waals surface area contributed by atoms with Crippen molar-refractivity contribution in [3.63, 3.8) is 0 Å². The van der Waals surface area contributed by atoms with Crippen molar-refractivity contribution in [2.45, 2.75) is 25.4 Å². The van der Waals surface area contributed by atoms with Crippen LogP contribution in [0.5, 0.6) is 5.75 Å². The normalized spacial score (nSPS) is 17.2. The Morgan fingerprint density at radius 2 is 2.17 bits per heavy atom. The van der Waals surface area contributed by atoms with Crippen LogP contribution in [0.3, 0.4) is 0 Å². The van der Waals surface area contributed by atoms with Gasteiger partial charge in [-0.15, -0.1) is 0 Å². The van der Waals surface area contributed by atoms with Gasteiger partial charge in [0, 0.05) is 31.4 Å². The van der Waals surface area contributed by atoms with Gasteiger partial charge < -0.3 is 14.6 Å². The van der Waals surface area contributed by atoms with Crippen molar-refractivity contribution >= 4 is 16.7 Å². The molecule has 1 saturated heterocycles. The Kier molecular flexibility index (Phi) is 3.69. The first-order valence-electron chi connectivity index (χ1n) is 8.13. The summed E-state index contributed by atoms with van der Waals surface area (Å²) in [6.07, 6.45) is 5.23. The molecule has 1 N–H and O–H groups in total. The fourth-order valence-corrected chi connectivity index (χ4v) is 3.39. The van der Waals surface area contributed by atoms with Crippen LogP contribution in [0.1, 0.15) is 12.8 Å². The summed E-state index contributed by atoms with van der Waals surface area (Å²) in [5.41, 5.74) is 0.991. The summed E-state index contributed by atoms with van der Waals surface area (Å²) >= 11 is 0. The molecule has 0 spiro atoms. The van der Waals surface area contributed by atoms with Crippen molar-refractivity contribution in [1.29, 1.82) is 0 Å².